The Hall–Kier alpha value is -9.38. The quantitative estimate of drug-likeness (QED) is 0.166. The molecule has 0 amide bonds. The first-order valence-electron chi connectivity index (χ1n) is 24.7. The third-order valence-corrected chi connectivity index (χ3v) is 15.0. The Morgan fingerprint density at radius 1 is 0.444 bits per heavy atom. The second-order valence-corrected chi connectivity index (χ2v) is 18.9. The number of ether oxygens (including phenoxy) is 1. The number of allylic oxidation sites excluding steroid dienone is 5. The average molecular weight is 922 g/mol. The van der Waals surface area contributed by atoms with Gasteiger partial charge in [-0.3, -0.25) is 0 Å². The highest BCUT2D eigenvalue weighted by Gasteiger charge is 2.48. The van der Waals surface area contributed by atoms with Crippen LogP contribution < -0.4 is 14.5 Å². The lowest BCUT2D eigenvalue weighted by Crippen LogP contribution is -2.38. The van der Waals surface area contributed by atoms with Gasteiger partial charge < -0.3 is 19.1 Å². The van der Waals surface area contributed by atoms with E-state index >= 15 is 0 Å². The van der Waals surface area contributed by atoms with Crippen molar-refractivity contribution in [3.05, 3.63) is 290 Å². The van der Waals surface area contributed by atoms with E-state index in [9.17, 15) is 0 Å². The third kappa shape index (κ3) is 6.46. The molecule has 1 atom stereocenters. The van der Waals surface area contributed by atoms with Crippen molar-refractivity contribution in [1.82, 2.24) is 4.57 Å². The van der Waals surface area contributed by atoms with E-state index in [0.717, 1.165) is 74.4 Å². The summed E-state index contributed by atoms with van der Waals surface area (Å²) in [5.41, 5.74) is 19.7. The number of hydrogen-bond donors (Lipinski definition) is 0. The highest BCUT2D eigenvalue weighted by Crippen LogP contribution is 2.63. The third-order valence-electron chi connectivity index (χ3n) is 15.0. The maximum Gasteiger partial charge on any atom is 0.151 e. The minimum absolute atomic E-state index is 0.625. The van der Waals surface area contributed by atoms with Crippen molar-refractivity contribution in [3.8, 4) is 39.4 Å². The van der Waals surface area contributed by atoms with E-state index in [0.29, 0.717) is 0 Å². The van der Waals surface area contributed by atoms with Gasteiger partial charge in [0, 0.05) is 33.5 Å². The summed E-state index contributed by atoms with van der Waals surface area (Å²) in [4.78, 5) is 4.82. The Balaban J connectivity index is 0.950. The van der Waals surface area contributed by atoms with Crippen molar-refractivity contribution in [1.29, 1.82) is 0 Å². The van der Waals surface area contributed by atoms with Crippen LogP contribution in [0.3, 0.4) is 0 Å². The first-order chi connectivity index (χ1) is 35.6. The molecular weight excluding hydrogens is 875 g/mol. The van der Waals surface area contributed by atoms with Crippen LogP contribution in [-0.2, 0) is 5.41 Å². The lowest BCUT2D eigenvalue weighted by atomic mass is 9.62. The molecule has 3 heterocycles. The van der Waals surface area contributed by atoms with Gasteiger partial charge in [-0.2, -0.15) is 0 Å². The van der Waals surface area contributed by atoms with Crippen LogP contribution >= 0.6 is 0 Å². The van der Waals surface area contributed by atoms with Crippen LogP contribution in [0.5, 0.6) is 11.5 Å². The number of nitrogens with zero attached hydrogens (tertiary/aromatic N) is 3. The molecule has 1 aromatic heterocycles. The lowest BCUT2D eigenvalue weighted by Gasteiger charge is -2.48. The van der Waals surface area contributed by atoms with Crippen LogP contribution in [0, 0.1) is 0 Å². The zero-order valence-electron chi connectivity index (χ0n) is 39.5. The van der Waals surface area contributed by atoms with Gasteiger partial charge in [-0.1, -0.05) is 176 Å². The predicted octanol–water partition coefficient (Wildman–Crippen LogP) is 18.3. The summed E-state index contributed by atoms with van der Waals surface area (Å²) in [5.74, 6) is 1.69. The molecule has 0 bridgehead atoms. The molecule has 0 radical (unpaired) electrons. The lowest BCUT2D eigenvalue weighted by molar-refractivity contribution is 0.471. The number of benzene rings is 10. The summed E-state index contributed by atoms with van der Waals surface area (Å²) in [6.07, 6.45) is 9.49. The van der Waals surface area contributed by atoms with Gasteiger partial charge in [0.25, 0.3) is 0 Å². The summed E-state index contributed by atoms with van der Waals surface area (Å²) < 4.78 is 9.15. The van der Waals surface area contributed by atoms with E-state index in [4.69, 9.17) is 11.3 Å². The maximum atomic E-state index is 6.78. The summed E-state index contributed by atoms with van der Waals surface area (Å²) in [6.45, 7) is 4.73. The minimum Gasteiger partial charge on any atom is -0.453 e. The van der Waals surface area contributed by atoms with E-state index in [-0.39, 0.29) is 0 Å². The molecular formula is C68H47N3O. The van der Waals surface area contributed by atoms with E-state index in [2.05, 4.69) is 269 Å². The molecule has 340 valence electrons. The van der Waals surface area contributed by atoms with Crippen molar-refractivity contribution < 1.29 is 4.74 Å². The number of rotatable bonds is 6. The topological polar surface area (TPSA) is 20.6 Å². The van der Waals surface area contributed by atoms with E-state index < -0.39 is 5.41 Å². The van der Waals surface area contributed by atoms with Crippen molar-refractivity contribution >= 4 is 61.5 Å². The SMILES string of the molecule is C=C1/C=C\C=C/CC2(c3cc(N(c4ccc(-c5ccccc5)cc4)c4ccc(-c5ccc6c(c5)c5ccccc5n6-c5ccccc5)cc4)ccc31)c1ccccc1N1c3ccccc3Oc3cccc2c31. The first kappa shape index (κ1) is 41.6. The molecule has 4 heteroatoms. The molecule has 2 aliphatic heterocycles. The minimum atomic E-state index is -0.625. The molecule has 4 nitrogen and oxygen atoms in total. The Kier molecular flexibility index (Phi) is 9.62. The highest BCUT2D eigenvalue weighted by molar-refractivity contribution is 6.10. The van der Waals surface area contributed by atoms with Crippen LogP contribution in [0.2, 0.25) is 0 Å². The fourth-order valence-corrected chi connectivity index (χ4v) is 11.8. The average Bonchev–Trinajstić information content (AvgIpc) is 3.80. The van der Waals surface area contributed by atoms with Crippen LogP contribution in [0.15, 0.2) is 267 Å². The van der Waals surface area contributed by atoms with Crippen molar-refractivity contribution in [2.75, 3.05) is 9.80 Å². The number of fused-ring (bicyclic) bond motifs is 11. The standard InChI is InChI=1S/C68H47N3O/c1-46-18-5-4-16-43-68(58-24-11-13-27-63(58)71-64-28-14-15-29-65(64)72-66-30-17-25-59(68)67(66)71)60-45-54(40-41-55(46)60)69(52-36-31-48(32-37-52)47-19-6-2-7-20-47)53-38-33-49(34-39-53)50-35-42-62-57(44-50)56-23-10-12-26-61(56)70(62)51-21-8-3-9-22-51/h2-42,44-45H,1,43H2/b16-4-,18-5-. The molecule has 1 unspecified atom stereocenters. The van der Waals surface area contributed by atoms with Gasteiger partial charge in [0.1, 0.15) is 0 Å². The Labute approximate surface area is 419 Å². The van der Waals surface area contributed by atoms with Crippen molar-refractivity contribution in [2.24, 2.45) is 0 Å². The summed E-state index contributed by atoms with van der Waals surface area (Å²) in [6, 6.07) is 85.9. The molecule has 0 saturated carbocycles. The number of aromatic nitrogens is 1. The Morgan fingerprint density at radius 2 is 1.06 bits per heavy atom. The second-order valence-electron chi connectivity index (χ2n) is 18.9. The van der Waals surface area contributed by atoms with Gasteiger partial charge in [-0.25, -0.2) is 0 Å². The molecule has 14 rings (SSSR count). The van der Waals surface area contributed by atoms with Crippen LogP contribution in [-0.4, -0.2) is 4.57 Å². The summed E-state index contributed by atoms with van der Waals surface area (Å²) in [5, 5.41) is 2.47. The van der Waals surface area contributed by atoms with Crippen LogP contribution in [0.25, 0.3) is 55.3 Å². The molecule has 0 N–H and O–H groups in total. The van der Waals surface area contributed by atoms with Crippen LogP contribution in [0.4, 0.5) is 34.1 Å². The van der Waals surface area contributed by atoms with Crippen molar-refractivity contribution in [2.45, 2.75) is 11.8 Å². The summed E-state index contributed by atoms with van der Waals surface area (Å²) >= 11 is 0. The van der Waals surface area contributed by atoms with E-state index in [1.165, 1.54) is 55.2 Å². The van der Waals surface area contributed by atoms with Gasteiger partial charge >= 0.3 is 0 Å². The van der Waals surface area contributed by atoms with Gasteiger partial charge in [0.15, 0.2) is 11.5 Å². The van der Waals surface area contributed by atoms with Gasteiger partial charge in [0.2, 0.25) is 0 Å². The molecule has 72 heavy (non-hydrogen) atoms. The smallest absolute Gasteiger partial charge is 0.151 e. The number of hydrogen-bond acceptors (Lipinski definition) is 3. The van der Waals surface area contributed by atoms with Gasteiger partial charge in [-0.05, 0) is 147 Å². The Morgan fingerprint density at radius 3 is 1.86 bits per heavy atom. The predicted molar refractivity (Wildman–Crippen MR) is 299 cm³/mol. The van der Waals surface area contributed by atoms with Gasteiger partial charge in [-0.15, -0.1) is 0 Å². The number of para-hydroxylation sites is 6. The zero-order valence-corrected chi connectivity index (χ0v) is 39.5. The number of anilines is 6. The first-order valence-corrected chi connectivity index (χ1v) is 24.7. The van der Waals surface area contributed by atoms with Crippen molar-refractivity contribution in [3.63, 3.8) is 0 Å². The molecule has 0 saturated heterocycles. The molecule has 10 aromatic carbocycles. The second kappa shape index (κ2) is 16.6. The maximum absolute atomic E-state index is 6.78. The largest absolute Gasteiger partial charge is 0.453 e. The van der Waals surface area contributed by atoms with Gasteiger partial charge in [0.05, 0.1) is 33.5 Å². The van der Waals surface area contributed by atoms with E-state index in [1.54, 1.807) is 0 Å². The summed E-state index contributed by atoms with van der Waals surface area (Å²) in [7, 11) is 0. The molecule has 3 aliphatic rings. The molecule has 1 aliphatic carbocycles. The van der Waals surface area contributed by atoms with E-state index in [1.807, 2.05) is 6.07 Å². The fourth-order valence-electron chi connectivity index (χ4n) is 11.8. The highest BCUT2D eigenvalue weighted by atomic mass is 16.5. The fraction of sp³-hybridized carbons (Fsp3) is 0.0294. The zero-order chi connectivity index (χ0) is 47.8. The normalized spacial score (nSPS) is 16.1. The Bertz CT molecular complexity index is 4000. The van der Waals surface area contributed by atoms with Crippen LogP contribution in [0.1, 0.15) is 28.7 Å². The molecule has 1 spiro atoms. The monoisotopic (exact) mass is 921 g/mol. The molecule has 11 aromatic rings. The molecule has 0 fully saturated rings.